The van der Waals surface area contributed by atoms with Crippen molar-refractivity contribution in [2.24, 2.45) is 0 Å². The third-order valence-corrected chi connectivity index (χ3v) is 28.4. The Morgan fingerprint density at radius 2 is 0.570 bits per heavy atom. The molecule has 0 saturated heterocycles. The van der Waals surface area contributed by atoms with Crippen LogP contribution in [0.5, 0.6) is 0 Å². The Bertz CT molecular complexity index is 3790. The summed E-state index contributed by atoms with van der Waals surface area (Å²) >= 11 is 0. The van der Waals surface area contributed by atoms with E-state index in [2.05, 4.69) is 177 Å². The Morgan fingerprint density at radius 3 is 0.802 bits per heavy atom. The van der Waals surface area contributed by atoms with Gasteiger partial charge in [0, 0.05) is 46.5 Å². The Kier molecular flexibility index (Phi) is 21.8. The van der Waals surface area contributed by atoms with Crippen LogP contribution in [-0.4, -0.2) is 26.0 Å². The molecule has 0 fully saturated rings. The molecule has 6 nitrogen and oxygen atoms in total. The first kappa shape index (κ1) is 63.6. The summed E-state index contributed by atoms with van der Waals surface area (Å²) in [5.41, 5.74) is 18.4. The average molecular weight is 1160 g/mol. The largest absolute Gasteiger partial charge is 0.269 e. The van der Waals surface area contributed by atoms with Crippen LogP contribution in [0.25, 0.3) is 11.1 Å². The Balaban J connectivity index is 1.77. The smallest absolute Gasteiger partial charge is 0.258 e. The van der Waals surface area contributed by atoms with E-state index in [-0.39, 0.29) is 22.5 Å². The molecule has 1 aliphatic rings. The van der Waals surface area contributed by atoms with E-state index in [1.807, 2.05) is 121 Å². The van der Waals surface area contributed by atoms with Crippen LogP contribution in [-0.2, 0) is 0 Å². The maximum absolute atomic E-state index is 11.7. The highest BCUT2D eigenvalue weighted by molar-refractivity contribution is 6.91. The summed E-state index contributed by atoms with van der Waals surface area (Å²) in [5, 5.41) is 23.4. The van der Waals surface area contributed by atoms with Gasteiger partial charge in [-0.05, 0) is 103 Å². The number of nitro benzene ring substituents is 2. The second-order valence-electron chi connectivity index (χ2n) is 22.9. The summed E-state index contributed by atoms with van der Waals surface area (Å²) < 4.78 is 0. The zero-order chi connectivity index (χ0) is 62.0. The molecule has 0 N–H and O–H groups in total. The molecule has 6 aromatic carbocycles. The van der Waals surface area contributed by atoms with Crippen molar-refractivity contribution in [3.8, 4) is 94.0 Å². The number of benzene rings is 6. The lowest BCUT2D eigenvalue weighted by Gasteiger charge is -2.38. The van der Waals surface area contributed by atoms with Gasteiger partial charge in [0.25, 0.3) is 11.4 Å². The van der Waals surface area contributed by atoms with Gasteiger partial charge in [-0.15, -0.1) is 11.1 Å². The summed E-state index contributed by atoms with van der Waals surface area (Å²) in [6, 6.07) is 51.9. The number of allylic oxidation sites excluding steroid dienone is 6. The van der Waals surface area contributed by atoms with Gasteiger partial charge >= 0.3 is 0 Å². The molecule has 0 aliphatic heterocycles. The van der Waals surface area contributed by atoms with Crippen LogP contribution in [0, 0.1) is 114 Å². The fraction of sp³-hybridized carbons (Fsp3) is 0.231. The van der Waals surface area contributed by atoms with E-state index in [0.29, 0.717) is 66.7 Å². The van der Waals surface area contributed by atoms with Crippen molar-refractivity contribution in [1.82, 2.24) is 0 Å². The summed E-state index contributed by atoms with van der Waals surface area (Å²) in [5.74, 6) is 48.9. The number of non-ortho nitro benzene ring substituents is 2. The third-order valence-electron chi connectivity index (χ3n) is 15.9. The van der Waals surface area contributed by atoms with Gasteiger partial charge in [0.1, 0.15) is 16.1 Å². The molecular weight excluding hydrogens is 1090 g/mol. The van der Waals surface area contributed by atoms with Crippen molar-refractivity contribution in [1.29, 1.82) is 0 Å². The Labute approximate surface area is 512 Å². The van der Waals surface area contributed by atoms with Crippen LogP contribution in [0.2, 0.25) is 33.2 Å². The van der Waals surface area contributed by atoms with Crippen molar-refractivity contribution in [2.45, 2.75) is 116 Å². The SMILES string of the molecule is CC(C)[Si](C#CC(C#C[Si](C(C)C)(C(C)C)C(C)C)=C1C#CC(=C(c2ccccc2)c2ccccc2)C#CC(=C(C#Cc2ccc([N+](=O)[O-])cc2)C#Cc2ccc([N+](=O)[O-])cc2)C#CC(=C(c2ccccc2)c2ccccc2)C#C1)(C(C)C)C(C)C. The average Bonchev–Trinajstić information content (AvgIpc) is 3.70. The van der Waals surface area contributed by atoms with E-state index in [0.717, 1.165) is 33.4 Å². The standard InChI is InChI=1S/C78H70N2O4Si2/c1-57(2)85(58(3)4,59(5)6)55-53-68(54-56-86(60(7)8,61(9)10)62(11)12)67-43-47-73(77(69-25-17-13-18-26-69)70-27-19-14-20-28-70)45-41-66(42-46-74(48-44-67)78(71-29-21-15-22-30-71)72-31-23-16-24-32-72)65(39-33-63-35-49-75(50-36-63)79(81)82)40-34-64-37-51-76(52-38-64)80(83)84/h13-32,35-38,49-52,57-62H,1-12H3. The zero-order valence-electron chi connectivity index (χ0n) is 51.2. The van der Waals surface area contributed by atoms with E-state index in [4.69, 9.17) is 0 Å². The van der Waals surface area contributed by atoms with Crippen LogP contribution in [0.15, 0.2) is 203 Å². The van der Waals surface area contributed by atoms with E-state index in [1.165, 1.54) is 24.3 Å². The quantitative estimate of drug-likeness (QED) is 0.0529. The van der Waals surface area contributed by atoms with Gasteiger partial charge < -0.3 is 0 Å². The highest BCUT2D eigenvalue weighted by Crippen LogP contribution is 2.42. The Morgan fingerprint density at radius 1 is 0.337 bits per heavy atom. The first-order valence-corrected chi connectivity index (χ1v) is 33.6. The number of hydrogen-bond acceptors (Lipinski definition) is 4. The molecule has 0 amide bonds. The lowest BCUT2D eigenvalue weighted by molar-refractivity contribution is -0.385. The highest BCUT2D eigenvalue weighted by atomic mass is 28.3. The molecule has 0 unspecified atom stereocenters. The van der Waals surface area contributed by atoms with Crippen molar-refractivity contribution in [3.63, 3.8) is 0 Å². The zero-order valence-corrected chi connectivity index (χ0v) is 53.2. The minimum Gasteiger partial charge on any atom is -0.258 e. The molecule has 86 heavy (non-hydrogen) atoms. The van der Waals surface area contributed by atoms with Gasteiger partial charge in [0.15, 0.2) is 0 Å². The van der Waals surface area contributed by atoms with E-state index in [1.54, 1.807) is 24.3 Å². The lowest BCUT2D eigenvalue weighted by atomic mass is 9.92. The van der Waals surface area contributed by atoms with Crippen molar-refractivity contribution in [2.75, 3.05) is 0 Å². The second-order valence-corrected chi connectivity index (χ2v) is 34.0. The molecule has 0 atom stereocenters. The lowest BCUT2D eigenvalue weighted by Crippen LogP contribution is -2.43. The molecule has 0 aromatic heterocycles. The van der Waals surface area contributed by atoms with E-state index in [9.17, 15) is 20.2 Å². The number of nitrogens with zero attached hydrogens (tertiary/aromatic N) is 2. The summed E-state index contributed by atoms with van der Waals surface area (Å²) in [6.45, 7) is 27.8. The van der Waals surface area contributed by atoms with Crippen molar-refractivity contribution in [3.05, 3.63) is 257 Å². The van der Waals surface area contributed by atoms with E-state index < -0.39 is 26.0 Å². The van der Waals surface area contributed by atoms with Crippen LogP contribution >= 0.6 is 0 Å². The molecular formula is C78H70N2O4Si2. The molecule has 7 rings (SSSR count). The molecule has 424 valence electrons. The monoisotopic (exact) mass is 1150 g/mol. The Hall–Kier alpha value is -10.0. The van der Waals surface area contributed by atoms with Crippen LogP contribution in [0.1, 0.15) is 116 Å². The van der Waals surface area contributed by atoms with Gasteiger partial charge in [0.05, 0.1) is 43.3 Å². The van der Waals surface area contributed by atoms with Gasteiger partial charge in [-0.1, -0.05) is 264 Å². The van der Waals surface area contributed by atoms with Crippen molar-refractivity contribution < 1.29 is 9.85 Å². The van der Waals surface area contributed by atoms with Crippen LogP contribution in [0.4, 0.5) is 11.4 Å². The molecule has 0 saturated carbocycles. The number of nitro groups is 2. The maximum atomic E-state index is 11.7. The molecule has 0 heterocycles. The molecule has 0 bridgehead atoms. The van der Waals surface area contributed by atoms with Crippen molar-refractivity contribution >= 4 is 38.7 Å². The first-order chi connectivity index (χ1) is 41.3. The van der Waals surface area contributed by atoms with Gasteiger partial charge in [-0.25, -0.2) is 0 Å². The minimum atomic E-state index is -2.37. The van der Waals surface area contributed by atoms with Gasteiger partial charge in [-0.2, -0.15) is 0 Å². The van der Waals surface area contributed by atoms with Gasteiger partial charge in [-0.3, -0.25) is 20.2 Å². The fourth-order valence-electron chi connectivity index (χ4n) is 11.6. The predicted molar refractivity (Wildman–Crippen MR) is 361 cm³/mol. The minimum absolute atomic E-state index is 0.0817. The third kappa shape index (κ3) is 15.4. The molecule has 0 spiro atoms. The van der Waals surface area contributed by atoms with Gasteiger partial charge in [0.2, 0.25) is 0 Å². The highest BCUT2D eigenvalue weighted by Gasteiger charge is 2.43. The molecule has 8 heteroatoms. The second kappa shape index (κ2) is 29.5. The maximum Gasteiger partial charge on any atom is 0.269 e. The normalized spacial score (nSPS) is 11.8. The number of hydrogen-bond donors (Lipinski definition) is 0. The fourth-order valence-corrected chi connectivity index (χ4v) is 22.0. The molecule has 1 aliphatic carbocycles. The molecule has 0 radical (unpaired) electrons. The van der Waals surface area contributed by atoms with Crippen LogP contribution in [0.3, 0.4) is 0 Å². The predicted octanol–water partition coefficient (Wildman–Crippen LogP) is 18.0. The van der Waals surface area contributed by atoms with E-state index >= 15 is 0 Å². The summed E-state index contributed by atoms with van der Waals surface area (Å²) in [6.07, 6.45) is 0. The van der Waals surface area contributed by atoms with Crippen LogP contribution < -0.4 is 0 Å². The summed E-state index contributed by atoms with van der Waals surface area (Å²) in [7, 11) is -4.74. The molecule has 6 aromatic rings. The summed E-state index contributed by atoms with van der Waals surface area (Å²) in [4.78, 5) is 22.4. The topological polar surface area (TPSA) is 86.3 Å². The first-order valence-electron chi connectivity index (χ1n) is 29.1. The number of rotatable bonds is 12.